The van der Waals surface area contributed by atoms with E-state index in [1.807, 2.05) is 0 Å². The smallest absolute Gasteiger partial charge is 0.503 e. The number of hydrogen-bond acceptors (Lipinski definition) is 6. The molecule has 2 aromatic rings. The van der Waals surface area contributed by atoms with Crippen LogP contribution in [0.15, 0.2) is 16.7 Å². The number of nitrogen functional groups attached to an aromatic ring is 1. The Morgan fingerprint density at radius 1 is 1.46 bits per heavy atom. The monoisotopic (exact) mass is 437 g/mol. The number of phenols is 1. The van der Waals surface area contributed by atoms with E-state index in [-0.39, 0.29) is 11.3 Å². The summed E-state index contributed by atoms with van der Waals surface area (Å²) in [5.74, 6) is -5.36. The van der Waals surface area contributed by atoms with Gasteiger partial charge in [0.1, 0.15) is 6.07 Å². The lowest BCUT2D eigenvalue weighted by molar-refractivity contribution is -0.276. The number of halogens is 5. The molecule has 0 unspecified atom stereocenters. The van der Waals surface area contributed by atoms with E-state index in [1.165, 1.54) is 0 Å². The van der Waals surface area contributed by atoms with E-state index in [9.17, 15) is 27.5 Å². The maximum atomic E-state index is 14.0. The van der Waals surface area contributed by atoms with Crippen molar-refractivity contribution in [2.45, 2.75) is 6.36 Å². The van der Waals surface area contributed by atoms with Gasteiger partial charge in [-0.2, -0.15) is 5.26 Å². The highest BCUT2D eigenvalue weighted by Crippen LogP contribution is 2.43. The molecule has 3 N–H and O–H groups in total. The van der Waals surface area contributed by atoms with Crippen LogP contribution in [0.25, 0.3) is 5.69 Å². The molecule has 0 fully saturated rings. The summed E-state index contributed by atoms with van der Waals surface area (Å²) < 4.78 is 59.7. The van der Waals surface area contributed by atoms with Crippen LogP contribution in [0.4, 0.5) is 23.2 Å². The molecule has 26 heavy (non-hydrogen) atoms. The second-order valence-corrected chi connectivity index (χ2v) is 5.55. The molecule has 0 aliphatic heterocycles. The van der Waals surface area contributed by atoms with E-state index >= 15 is 0 Å². The molecule has 0 saturated heterocycles. The van der Waals surface area contributed by atoms with Crippen LogP contribution in [0.1, 0.15) is 16.1 Å². The number of phenolic OH excluding ortho intramolecular Hbond substituents is 1. The van der Waals surface area contributed by atoms with Gasteiger partial charge in [-0.15, -0.1) is 13.2 Å². The van der Waals surface area contributed by atoms with E-state index in [1.54, 1.807) is 6.07 Å². The number of nitriles is 1. The fourth-order valence-electron chi connectivity index (χ4n) is 2.08. The molecule has 0 aliphatic rings. The number of benzene rings is 1. The van der Waals surface area contributed by atoms with Crippen LogP contribution in [-0.2, 0) is 4.74 Å². The molecule has 0 bridgehead atoms. The number of carbonyl (C=O) groups excluding carboxylic acids is 1. The van der Waals surface area contributed by atoms with Crippen LogP contribution in [0, 0.1) is 17.1 Å². The summed E-state index contributed by atoms with van der Waals surface area (Å²) >= 11 is 2.70. The second kappa shape index (κ2) is 6.75. The van der Waals surface area contributed by atoms with Gasteiger partial charge in [-0.1, -0.05) is 0 Å². The van der Waals surface area contributed by atoms with Gasteiger partial charge in [-0.05, 0) is 22.0 Å². The molecule has 0 amide bonds. The Balaban J connectivity index is 2.82. The fourth-order valence-corrected chi connectivity index (χ4v) is 2.47. The number of nitrogens with two attached hydrogens (primary N) is 1. The third kappa shape index (κ3) is 3.38. The molecule has 2 rings (SSSR count). The lowest BCUT2D eigenvalue weighted by Crippen LogP contribution is -2.19. The minimum atomic E-state index is -5.30. The maximum Gasteiger partial charge on any atom is 0.573 e. The molecule has 0 saturated carbocycles. The largest absolute Gasteiger partial charge is 0.573 e. The summed E-state index contributed by atoms with van der Waals surface area (Å²) in [6, 6.07) is 2.55. The van der Waals surface area contributed by atoms with E-state index in [4.69, 9.17) is 11.0 Å². The quantitative estimate of drug-likeness (QED) is 0.563. The first-order valence-corrected chi connectivity index (χ1v) is 7.27. The van der Waals surface area contributed by atoms with Gasteiger partial charge in [0.15, 0.2) is 17.3 Å². The van der Waals surface area contributed by atoms with Gasteiger partial charge in [0.05, 0.1) is 28.5 Å². The third-order valence-corrected chi connectivity index (χ3v) is 3.73. The van der Waals surface area contributed by atoms with Crippen LogP contribution in [0.5, 0.6) is 11.5 Å². The predicted molar refractivity (Wildman–Crippen MR) is 82.2 cm³/mol. The highest BCUT2D eigenvalue weighted by atomic mass is 79.9. The number of aromatic hydroxyl groups is 1. The molecule has 12 heteroatoms. The molecule has 0 atom stereocenters. The third-order valence-electron chi connectivity index (χ3n) is 3.15. The van der Waals surface area contributed by atoms with Crippen molar-refractivity contribution < 1.29 is 36.9 Å². The zero-order valence-corrected chi connectivity index (χ0v) is 14.3. The van der Waals surface area contributed by atoms with Gasteiger partial charge in [-0.25, -0.2) is 9.18 Å². The van der Waals surface area contributed by atoms with Crippen molar-refractivity contribution in [2.75, 3.05) is 12.8 Å². The number of ether oxygens (including phenoxy) is 2. The molecular weight excluding hydrogens is 430 g/mol. The van der Waals surface area contributed by atoms with E-state index < -0.39 is 45.5 Å². The average molecular weight is 438 g/mol. The Labute approximate surface area is 151 Å². The van der Waals surface area contributed by atoms with Gasteiger partial charge < -0.3 is 24.9 Å². The van der Waals surface area contributed by atoms with Crippen molar-refractivity contribution in [1.29, 1.82) is 5.26 Å². The van der Waals surface area contributed by atoms with Crippen LogP contribution < -0.4 is 10.5 Å². The van der Waals surface area contributed by atoms with Crippen molar-refractivity contribution in [1.82, 2.24) is 4.57 Å². The molecule has 1 aromatic heterocycles. The van der Waals surface area contributed by atoms with Crippen molar-refractivity contribution in [3.8, 4) is 23.3 Å². The standard InChI is InChI=1S/C14H8BrF4N3O4/c1-25-13(24)10-9(21)5(3-20)4-22(10)7-2-6(15)8(16)12(11(7)23)26-14(17,18)19/h2,4,23H,21H2,1H3. The van der Waals surface area contributed by atoms with Crippen molar-refractivity contribution in [3.63, 3.8) is 0 Å². The minimum absolute atomic E-state index is 0.219. The fraction of sp³-hybridized carbons (Fsp3) is 0.143. The molecule has 138 valence electrons. The van der Waals surface area contributed by atoms with Gasteiger partial charge in [0, 0.05) is 6.20 Å². The number of nitrogens with zero attached hydrogens (tertiary/aromatic N) is 2. The SMILES string of the molecule is COC(=O)c1c(N)c(C#N)cn1-c1cc(Br)c(F)c(OC(F)(F)F)c1O. The molecule has 0 aliphatic carbocycles. The summed E-state index contributed by atoms with van der Waals surface area (Å²) in [6.45, 7) is 0. The number of rotatable bonds is 3. The summed E-state index contributed by atoms with van der Waals surface area (Å²) in [6.07, 6.45) is -4.33. The van der Waals surface area contributed by atoms with E-state index in [0.29, 0.717) is 0 Å². The average Bonchev–Trinajstić information content (AvgIpc) is 2.89. The van der Waals surface area contributed by atoms with Crippen molar-refractivity contribution in [2.24, 2.45) is 0 Å². The number of esters is 1. The highest BCUT2D eigenvalue weighted by molar-refractivity contribution is 9.10. The Morgan fingerprint density at radius 3 is 2.58 bits per heavy atom. The lowest BCUT2D eigenvalue weighted by Gasteiger charge is -2.16. The predicted octanol–water partition coefficient (Wildman–Crippen LogP) is 3.22. The summed E-state index contributed by atoms with van der Waals surface area (Å²) in [5, 5.41) is 19.1. The first-order chi connectivity index (χ1) is 12.0. The summed E-state index contributed by atoms with van der Waals surface area (Å²) in [4.78, 5) is 11.9. The Kier molecular flexibility index (Phi) is 5.04. The molecule has 0 spiro atoms. The second-order valence-electron chi connectivity index (χ2n) is 4.70. The Hall–Kier alpha value is -2.94. The van der Waals surface area contributed by atoms with Crippen molar-refractivity contribution >= 4 is 27.6 Å². The maximum absolute atomic E-state index is 14.0. The zero-order valence-electron chi connectivity index (χ0n) is 12.7. The van der Waals surface area contributed by atoms with Crippen LogP contribution in [0.3, 0.4) is 0 Å². The summed E-state index contributed by atoms with van der Waals surface area (Å²) in [5.41, 5.74) is 4.15. The lowest BCUT2D eigenvalue weighted by atomic mass is 10.2. The van der Waals surface area contributed by atoms with Gasteiger partial charge >= 0.3 is 12.3 Å². The minimum Gasteiger partial charge on any atom is -0.503 e. The molecule has 0 radical (unpaired) electrons. The van der Waals surface area contributed by atoms with Crippen LogP contribution >= 0.6 is 15.9 Å². The number of alkyl halides is 3. The first kappa shape index (κ1) is 19.4. The molecular formula is C14H8BrF4N3O4. The summed E-state index contributed by atoms with van der Waals surface area (Å²) in [7, 11) is 1.00. The highest BCUT2D eigenvalue weighted by Gasteiger charge is 2.36. The number of methoxy groups -OCH3 is 1. The number of hydrogen-bond donors (Lipinski definition) is 2. The van der Waals surface area contributed by atoms with Crippen LogP contribution in [0.2, 0.25) is 0 Å². The Morgan fingerprint density at radius 2 is 2.08 bits per heavy atom. The first-order valence-electron chi connectivity index (χ1n) is 6.48. The molecule has 7 nitrogen and oxygen atoms in total. The normalized spacial score (nSPS) is 11.1. The van der Waals surface area contributed by atoms with E-state index in [2.05, 4.69) is 25.4 Å². The Bertz CT molecular complexity index is 934. The van der Waals surface area contributed by atoms with Gasteiger partial charge in [0.2, 0.25) is 5.75 Å². The zero-order chi connectivity index (χ0) is 19.8. The van der Waals surface area contributed by atoms with Gasteiger partial charge in [0.25, 0.3) is 0 Å². The number of anilines is 1. The van der Waals surface area contributed by atoms with Crippen molar-refractivity contribution in [3.05, 3.63) is 33.8 Å². The molecule has 1 aromatic carbocycles. The number of aromatic nitrogens is 1. The molecule has 1 heterocycles. The van der Waals surface area contributed by atoms with E-state index in [0.717, 1.165) is 23.9 Å². The number of carbonyl (C=O) groups is 1. The van der Waals surface area contributed by atoms with Gasteiger partial charge in [-0.3, -0.25) is 0 Å². The topological polar surface area (TPSA) is 110 Å². The van der Waals surface area contributed by atoms with Crippen LogP contribution in [-0.4, -0.2) is 29.1 Å².